The Labute approximate surface area is 158 Å². The maximum absolute atomic E-state index is 12.4. The molecule has 6 heteroatoms. The maximum atomic E-state index is 12.4. The van der Waals surface area contributed by atoms with Gasteiger partial charge in [0, 0.05) is 38.4 Å². The average molecular weight is 363 g/mol. The molecule has 0 aliphatic carbocycles. The number of amides is 3. The van der Waals surface area contributed by atoms with Crippen LogP contribution in [0.3, 0.4) is 0 Å². The third-order valence-electron chi connectivity index (χ3n) is 4.45. The fourth-order valence-electron chi connectivity index (χ4n) is 2.92. The van der Waals surface area contributed by atoms with E-state index in [2.05, 4.69) is 11.9 Å². The Morgan fingerprint density at radius 1 is 1.07 bits per heavy atom. The SMILES string of the molecule is C=CCN1C(=O)c2ccc(C(=O)NCc3ccc(N(C)C)cc3)cc2C1=O. The van der Waals surface area contributed by atoms with Gasteiger partial charge in [0.05, 0.1) is 11.1 Å². The number of imide groups is 1. The molecule has 1 aliphatic rings. The van der Waals surface area contributed by atoms with Gasteiger partial charge in [0.15, 0.2) is 0 Å². The molecule has 0 spiro atoms. The van der Waals surface area contributed by atoms with E-state index in [4.69, 9.17) is 0 Å². The Kier molecular flexibility index (Phi) is 5.07. The first kappa shape index (κ1) is 18.4. The lowest BCUT2D eigenvalue weighted by molar-refractivity contribution is 0.0672. The highest BCUT2D eigenvalue weighted by Gasteiger charge is 2.35. The summed E-state index contributed by atoms with van der Waals surface area (Å²) in [5.74, 6) is -1.05. The fourth-order valence-corrected chi connectivity index (χ4v) is 2.92. The second-order valence-corrected chi connectivity index (χ2v) is 6.51. The lowest BCUT2D eigenvalue weighted by Gasteiger charge is -2.13. The van der Waals surface area contributed by atoms with Gasteiger partial charge in [0.2, 0.25) is 0 Å². The van der Waals surface area contributed by atoms with Crippen LogP contribution < -0.4 is 10.2 Å². The van der Waals surface area contributed by atoms with E-state index in [0.29, 0.717) is 17.7 Å². The molecule has 3 amide bonds. The van der Waals surface area contributed by atoms with E-state index in [1.807, 2.05) is 43.3 Å². The van der Waals surface area contributed by atoms with Crippen LogP contribution in [0.15, 0.2) is 55.1 Å². The molecule has 2 aromatic carbocycles. The first-order chi connectivity index (χ1) is 12.9. The molecule has 2 aromatic rings. The monoisotopic (exact) mass is 363 g/mol. The summed E-state index contributed by atoms with van der Waals surface area (Å²) < 4.78 is 0. The van der Waals surface area contributed by atoms with Crippen LogP contribution in [0.2, 0.25) is 0 Å². The molecular formula is C21H21N3O3. The van der Waals surface area contributed by atoms with Crippen LogP contribution in [-0.2, 0) is 6.54 Å². The topological polar surface area (TPSA) is 69.7 Å². The Bertz CT molecular complexity index is 917. The molecule has 0 fully saturated rings. The van der Waals surface area contributed by atoms with Crippen LogP contribution in [0.25, 0.3) is 0 Å². The zero-order valence-electron chi connectivity index (χ0n) is 15.4. The first-order valence-electron chi connectivity index (χ1n) is 8.58. The molecule has 0 bridgehead atoms. The molecule has 27 heavy (non-hydrogen) atoms. The van der Waals surface area contributed by atoms with E-state index in [9.17, 15) is 14.4 Å². The number of fused-ring (bicyclic) bond motifs is 1. The highest BCUT2D eigenvalue weighted by atomic mass is 16.2. The summed E-state index contributed by atoms with van der Waals surface area (Å²) in [7, 11) is 3.93. The van der Waals surface area contributed by atoms with Crippen molar-refractivity contribution in [3.05, 3.63) is 77.4 Å². The number of hydrogen-bond donors (Lipinski definition) is 1. The quantitative estimate of drug-likeness (QED) is 0.632. The van der Waals surface area contributed by atoms with Crippen molar-refractivity contribution < 1.29 is 14.4 Å². The van der Waals surface area contributed by atoms with Crippen LogP contribution in [0.5, 0.6) is 0 Å². The van der Waals surface area contributed by atoms with Crippen LogP contribution in [-0.4, -0.2) is 43.3 Å². The van der Waals surface area contributed by atoms with Crippen molar-refractivity contribution in [2.45, 2.75) is 6.54 Å². The fraction of sp³-hybridized carbons (Fsp3) is 0.190. The number of rotatable bonds is 6. The second kappa shape index (κ2) is 7.45. The zero-order valence-corrected chi connectivity index (χ0v) is 15.4. The molecule has 138 valence electrons. The Morgan fingerprint density at radius 2 is 1.74 bits per heavy atom. The molecule has 1 aliphatic heterocycles. The molecule has 0 aromatic heterocycles. The average Bonchev–Trinajstić information content (AvgIpc) is 2.91. The second-order valence-electron chi connectivity index (χ2n) is 6.51. The van der Waals surface area contributed by atoms with Crippen molar-refractivity contribution in [3.63, 3.8) is 0 Å². The van der Waals surface area contributed by atoms with Crippen molar-refractivity contribution in [2.75, 3.05) is 25.5 Å². The van der Waals surface area contributed by atoms with Gasteiger partial charge in [0.1, 0.15) is 0 Å². The van der Waals surface area contributed by atoms with Crippen molar-refractivity contribution in [2.24, 2.45) is 0 Å². The highest BCUT2D eigenvalue weighted by molar-refractivity contribution is 6.22. The lowest BCUT2D eigenvalue weighted by Crippen LogP contribution is -2.29. The van der Waals surface area contributed by atoms with Gasteiger partial charge in [-0.05, 0) is 35.9 Å². The van der Waals surface area contributed by atoms with Crippen molar-refractivity contribution in [3.8, 4) is 0 Å². The minimum absolute atomic E-state index is 0.150. The Balaban J connectivity index is 1.71. The number of carbonyl (C=O) groups excluding carboxylic acids is 3. The number of carbonyl (C=O) groups is 3. The standard InChI is InChI=1S/C21H21N3O3/c1-4-11-24-20(26)17-10-7-15(12-18(17)21(24)27)19(25)22-13-14-5-8-16(9-6-14)23(2)3/h4-10,12H,1,11,13H2,2-3H3,(H,22,25). The van der Waals surface area contributed by atoms with Gasteiger partial charge in [-0.25, -0.2) is 0 Å². The van der Waals surface area contributed by atoms with Crippen LogP contribution in [0.1, 0.15) is 36.6 Å². The summed E-state index contributed by atoms with van der Waals surface area (Å²) in [4.78, 5) is 40.1. The zero-order chi connectivity index (χ0) is 19.6. The molecule has 0 saturated heterocycles. The van der Waals surface area contributed by atoms with Crippen LogP contribution in [0, 0.1) is 0 Å². The summed E-state index contributed by atoms with van der Waals surface area (Å²) in [6.07, 6.45) is 1.50. The van der Waals surface area contributed by atoms with E-state index < -0.39 is 5.91 Å². The number of benzene rings is 2. The summed E-state index contributed by atoms with van der Waals surface area (Å²) >= 11 is 0. The number of nitrogens with one attached hydrogen (secondary N) is 1. The van der Waals surface area contributed by atoms with Gasteiger partial charge in [-0.2, -0.15) is 0 Å². The van der Waals surface area contributed by atoms with E-state index in [-0.39, 0.29) is 23.9 Å². The first-order valence-corrected chi connectivity index (χ1v) is 8.58. The van der Waals surface area contributed by atoms with E-state index in [0.717, 1.165) is 16.2 Å². The summed E-state index contributed by atoms with van der Waals surface area (Å²) in [6.45, 7) is 4.08. The molecule has 1 N–H and O–H groups in total. The van der Waals surface area contributed by atoms with E-state index >= 15 is 0 Å². The van der Waals surface area contributed by atoms with Gasteiger partial charge in [-0.1, -0.05) is 18.2 Å². The molecule has 6 nitrogen and oxygen atoms in total. The van der Waals surface area contributed by atoms with Gasteiger partial charge < -0.3 is 10.2 Å². The van der Waals surface area contributed by atoms with Gasteiger partial charge in [-0.15, -0.1) is 6.58 Å². The minimum Gasteiger partial charge on any atom is -0.378 e. The molecule has 1 heterocycles. The molecule has 0 radical (unpaired) electrons. The lowest BCUT2D eigenvalue weighted by atomic mass is 10.1. The molecular weight excluding hydrogens is 342 g/mol. The predicted molar refractivity (Wildman–Crippen MR) is 104 cm³/mol. The molecule has 3 rings (SSSR count). The maximum Gasteiger partial charge on any atom is 0.261 e. The predicted octanol–water partition coefficient (Wildman–Crippen LogP) is 2.46. The van der Waals surface area contributed by atoms with Crippen LogP contribution >= 0.6 is 0 Å². The van der Waals surface area contributed by atoms with Gasteiger partial charge >= 0.3 is 0 Å². The highest BCUT2D eigenvalue weighted by Crippen LogP contribution is 2.24. The molecule has 0 unspecified atom stereocenters. The van der Waals surface area contributed by atoms with Gasteiger partial charge in [0.25, 0.3) is 17.7 Å². The summed E-state index contributed by atoms with van der Waals surface area (Å²) in [6, 6.07) is 12.4. The summed E-state index contributed by atoms with van der Waals surface area (Å²) in [5, 5.41) is 2.84. The van der Waals surface area contributed by atoms with Crippen molar-refractivity contribution >= 4 is 23.4 Å². The van der Waals surface area contributed by atoms with E-state index in [1.54, 1.807) is 6.07 Å². The Morgan fingerprint density at radius 3 is 2.37 bits per heavy atom. The normalized spacial score (nSPS) is 12.7. The third-order valence-corrected chi connectivity index (χ3v) is 4.45. The number of hydrogen-bond acceptors (Lipinski definition) is 4. The Hall–Kier alpha value is -3.41. The van der Waals surface area contributed by atoms with Crippen molar-refractivity contribution in [1.82, 2.24) is 10.2 Å². The summed E-state index contributed by atoms with van der Waals surface area (Å²) in [5.41, 5.74) is 2.97. The largest absolute Gasteiger partial charge is 0.378 e. The van der Waals surface area contributed by atoms with Gasteiger partial charge in [-0.3, -0.25) is 19.3 Å². The molecule has 0 saturated carbocycles. The number of nitrogens with zero attached hydrogens (tertiary/aromatic N) is 2. The van der Waals surface area contributed by atoms with Crippen LogP contribution in [0.4, 0.5) is 5.69 Å². The minimum atomic E-state index is -0.399. The van der Waals surface area contributed by atoms with E-state index in [1.165, 1.54) is 18.2 Å². The number of anilines is 1. The molecule has 0 atom stereocenters. The van der Waals surface area contributed by atoms with Crippen molar-refractivity contribution in [1.29, 1.82) is 0 Å². The smallest absolute Gasteiger partial charge is 0.261 e. The third kappa shape index (κ3) is 3.60.